The third-order valence-electron chi connectivity index (χ3n) is 6.11. The number of hydrogen-bond donors (Lipinski definition) is 2. The number of hydrogen-bond acceptors (Lipinski definition) is 4. The second-order valence-electron chi connectivity index (χ2n) is 7.92. The molecule has 0 spiro atoms. The van der Waals surface area contributed by atoms with Crippen LogP contribution >= 0.6 is 0 Å². The van der Waals surface area contributed by atoms with Crippen LogP contribution in [0, 0.1) is 16.0 Å². The molecule has 3 aromatic rings. The molecule has 0 radical (unpaired) electrons. The molecule has 1 heterocycles. The SMILES string of the molecule is O=C(Nc1ccccc1)c1cccc2c1NC(c1cccc([N+](=O)[O-])c1)C1CC=CC21. The van der Waals surface area contributed by atoms with Crippen molar-refractivity contribution >= 4 is 23.0 Å². The quantitative estimate of drug-likeness (QED) is 0.329. The van der Waals surface area contributed by atoms with Gasteiger partial charge in [0.15, 0.2) is 0 Å². The van der Waals surface area contributed by atoms with Crippen LogP contribution in [-0.4, -0.2) is 10.8 Å². The van der Waals surface area contributed by atoms with Gasteiger partial charge in [0.2, 0.25) is 0 Å². The Hall–Kier alpha value is -3.93. The van der Waals surface area contributed by atoms with Gasteiger partial charge >= 0.3 is 0 Å². The van der Waals surface area contributed by atoms with Gasteiger partial charge in [0, 0.05) is 23.7 Å². The number of nitro benzene ring substituents is 1. The van der Waals surface area contributed by atoms with Crippen molar-refractivity contribution in [1.82, 2.24) is 0 Å². The van der Waals surface area contributed by atoms with Crippen LogP contribution in [0.15, 0.2) is 84.9 Å². The minimum Gasteiger partial charge on any atom is -0.377 e. The topological polar surface area (TPSA) is 84.3 Å². The standard InChI is InChI=1S/C25H21N3O3/c29-25(26-17-8-2-1-3-9-17)22-14-6-13-21-19-11-5-12-20(19)23(27-24(21)22)16-7-4-10-18(15-16)28(30)31/h1-11,13-15,19-20,23,27H,12H2,(H,26,29). The molecule has 6 nitrogen and oxygen atoms in total. The summed E-state index contributed by atoms with van der Waals surface area (Å²) >= 11 is 0. The Morgan fingerprint density at radius 2 is 1.84 bits per heavy atom. The molecule has 0 aromatic heterocycles. The van der Waals surface area contributed by atoms with E-state index in [0.29, 0.717) is 5.56 Å². The molecule has 1 amide bonds. The number of benzene rings is 3. The highest BCUT2D eigenvalue weighted by molar-refractivity contribution is 6.08. The number of nitro groups is 1. The van der Waals surface area contributed by atoms with Crippen molar-refractivity contribution in [1.29, 1.82) is 0 Å². The lowest BCUT2D eigenvalue weighted by Gasteiger charge is -2.38. The number of anilines is 2. The Labute approximate surface area is 179 Å². The van der Waals surface area contributed by atoms with Crippen LogP contribution in [0.25, 0.3) is 0 Å². The molecule has 3 unspecified atom stereocenters. The molecular weight excluding hydrogens is 390 g/mol. The smallest absolute Gasteiger partial charge is 0.269 e. The van der Waals surface area contributed by atoms with E-state index in [4.69, 9.17) is 0 Å². The number of carbonyl (C=O) groups excluding carboxylic acids is 1. The second-order valence-corrected chi connectivity index (χ2v) is 7.92. The van der Waals surface area contributed by atoms with Gasteiger partial charge in [-0.2, -0.15) is 0 Å². The molecule has 0 bridgehead atoms. The van der Waals surface area contributed by atoms with E-state index in [1.165, 1.54) is 6.07 Å². The highest BCUT2D eigenvalue weighted by atomic mass is 16.6. The van der Waals surface area contributed by atoms with Gasteiger partial charge in [0.1, 0.15) is 0 Å². The molecule has 6 heteroatoms. The fraction of sp³-hybridized carbons (Fsp3) is 0.160. The van der Waals surface area contributed by atoms with Gasteiger partial charge in [-0.05, 0) is 41.7 Å². The largest absolute Gasteiger partial charge is 0.377 e. The van der Waals surface area contributed by atoms with Crippen LogP contribution in [0.5, 0.6) is 0 Å². The molecule has 3 aromatic carbocycles. The lowest BCUT2D eigenvalue weighted by Crippen LogP contribution is -2.31. The maximum absolute atomic E-state index is 13.1. The average molecular weight is 411 g/mol. The van der Waals surface area contributed by atoms with Gasteiger partial charge in [-0.25, -0.2) is 0 Å². The fourth-order valence-corrected chi connectivity index (χ4v) is 4.69. The maximum Gasteiger partial charge on any atom is 0.269 e. The van der Waals surface area contributed by atoms with Gasteiger partial charge in [-0.15, -0.1) is 0 Å². The Bertz CT molecular complexity index is 1190. The zero-order valence-electron chi connectivity index (χ0n) is 16.7. The molecule has 1 aliphatic carbocycles. The van der Waals surface area contributed by atoms with Crippen LogP contribution < -0.4 is 10.6 Å². The van der Waals surface area contributed by atoms with E-state index in [-0.39, 0.29) is 34.4 Å². The summed E-state index contributed by atoms with van der Waals surface area (Å²) in [7, 11) is 0. The fourth-order valence-electron chi connectivity index (χ4n) is 4.69. The molecule has 0 fully saturated rings. The number of nitrogens with one attached hydrogen (secondary N) is 2. The number of allylic oxidation sites excluding steroid dienone is 2. The Morgan fingerprint density at radius 1 is 1.03 bits per heavy atom. The van der Waals surface area contributed by atoms with E-state index in [9.17, 15) is 14.9 Å². The van der Waals surface area contributed by atoms with E-state index in [0.717, 1.165) is 28.9 Å². The number of para-hydroxylation sites is 2. The first-order valence-electron chi connectivity index (χ1n) is 10.3. The third-order valence-corrected chi connectivity index (χ3v) is 6.11. The molecular formula is C25H21N3O3. The summed E-state index contributed by atoms with van der Waals surface area (Å²) < 4.78 is 0. The van der Waals surface area contributed by atoms with Gasteiger partial charge < -0.3 is 10.6 Å². The zero-order chi connectivity index (χ0) is 21.4. The van der Waals surface area contributed by atoms with E-state index < -0.39 is 0 Å². The number of fused-ring (bicyclic) bond motifs is 3. The summed E-state index contributed by atoms with van der Waals surface area (Å²) in [6, 6.07) is 21.8. The molecule has 154 valence electrons. The predicted molar refractivity (Wildman–Crippen MR) is 120 cm³/mol. The molecule has 1 aliphatic heterocycles. The van der Waals surface area contributed by atoms with Gasteiger partial charge in [-0.1, -0.05) is 54.6 Å². The van der Waals surface area contributed by atoms with Crippen molar-refractivity contribution in [2.45, 2.75) is 18.4 Å². The second kappa shape index (κ2) is 7.72. The molecule has 2 aliphatic rings. The monoisotopic (exact) mass is 411 g/mol. The Balaban J connectivity index is 1.54. The summed E-state index contributed by atoms with van der Waals surface area (Å²) in [6.45, 7) is 0. The number of nitrogens with zero attached hydrogens (tertiary/aromatic N) is 1. The van der Waals surface area contributed by atoms with Gasteiger partial charge in [0.25, 0.3) is 11.6 Å². The summed E-state index contributed by atoms with van der Waals surface area (Å²) in [5.74, 6) is 0.209. The first kappa shape index (κ1) is 19.1. The number of non-ortho nitro benzene ring substituents is 1. The highest BCUT2D eigenvalue weighted by Gasteiger charge is 2.39. The van der Waals surface area contributed by atoms with Crippen molar-refractivity contribution in [3.63, 3.8) is 0 Å². The van der Waals surface area contributed by atoms with E-state index >= 15 is 0 Å². The van der Waals surface area contributed by atoms with Crippen molar-refractivity contribution in [3.8, 4) is 0 Å². The summed E-state index contributed by atoms with van der Waals surface area (Å²) in [5, 5.41) is 17.8. The molecule has 3 atom stereocenters. The lowest BCUT2D eigenvalue weighted by atomic mass is 9.76. The van der Waals surface area contributed by atoms with E-state index in [1.807, 2.05) is 48.5 Å². The summed E-state index contributed by atoms with van der Waals surface area (Å²) in [5.41, 5.74) is 4.10. The minimum absolute atomic E-state index is 0.0720. The van der Waals surface area contributed by atoms with Crippen molar-refractivity contribution in [2.75, 3.05) is 10.6 Å². The normalized spacial score (nSPS) is 21.0. The number of amides is 1. The molecule has 31 heavy (non-hydrogen) atoms. The van der Waals surface area contributed by atoms with E-state index in [2.05, 4.69) is 28.9 Å². The average Bonchev–Trinajstić information content (AvgIpc) is 3.29. The molecule has 2 N–H and O–H groups in total. The number of carbonyl (C=O) groups is 1. The van der Waals surface area contributed by atoms with Crippen LogP contribution in [0.3, 0.4) is 0 Å². The molecule has 5 rings (SSSR count). The highest BCUT2D eigenvalue weighted by Crippen LogP contribution is 2.50. The number of rotatable bonds is 4. The van der Waals surface area contributed by atoms with Gasteiger partial charge in [-0.3, -0.25) is 14.9 Å². The zero-order valence-corrected chi connectivity index (χ0v) is 16.7. The molecule has 0 saturated heterocycles. The third kappa shape index (κ3) is 3.46. The molecule has 0 saturated carbocycles. The van der Waals surface area contributed by atoms with Crippen LogP contribution in [-0.2, 0) is 0 Å². The lowest BCUT2D eigenvalue weighted by molar-refractivity contribution is -0.384. The first-order valence-corrected chi connectivity index (χ1v) is 10.3. The Kier molecular flexibility index (Phi) is 4.75. The van der Waals surface area contributed by atoms with Gasteiger partial charge in [0.05, 0.1) is 22.2 Å². The summed E-state index contributed by atoms with van der Waals surface area (Å²) in [4.78, 5) is 24.0. The minimum atomic E-state index is -0.372. The predicted octanol–water partition coefficient (Wildman–Crippen LogP) is 5.67. The van der Waals surface area contributed by atoms with Crippen LogP contribution in [0.4, 0.5) is 17.1 Å². The van der Waals surface area contributed by atoms with E-state index in [1.54, 1.807) is 12.1 Å². The van der Waals surface area contributed by atoms with Crippen LogP contribution in [0.1, 0.15) is 39.9 Å². The van der Waals surface area contributed by atoms with Crippen molar-refractivity contribution in [2.24, 2.45) is 5.92 Å². The maximum atomic E-state index is 13.1. The van der Waals surface area contributed by atoms with Crippen molar-refractivity contribution in [3.05, 3.63) is 112 Å². The summed E-state index contributed by atoms with van der Waals surface area (Å²) in [6.07, 6.45) is 5.23. The van der Waals surface area contributed by atoms with Crippen LogP contribution in [0.2, 0.25) is 0 Å². The first-order chi connectivity index (χ1) is 15.1. The van der Waals surface area contributed by atoms with Crippen molar-refractivity contribution < 1.29 is 9.72 Å². The Morgan fingerprint density at radius 3 is 2.65 bits per heavy atom.